The molecule has 2 amide bonds. The fourth-order valence-corrected chi connectivity index (χ4v) is 2.49. The fraction of sp³-hybridized carbons (Fsp3) is 0.385. The zero-order chi connectivity index (χ0) is 16.7. The largest absolute Gasteiger partial charge is 0.380 e. The predicted octanol–water partition coefficient (Wildman–Crippen LogP) is 1.39. The van der Waals surface area contributed by atoms with Crippen LogP contribution in [0.3, 0.4) is 0 Å². The van der Waals surface area contributed by atoms with Crippen LogP contribution in [0.4, 0.5) is 11.4 Å². The van der Waals surface area contributed by atoms with Crippen molar-refractivity contribution >= 4 is 46.4 Å². The number of likely N-dealkylation sites (N-methyl/N-ethyl adjacent to an activating group) is 1. The Bertz CT molecular complexity index is 531. The molecule has 1 aromatic rings. The number of anilines is 2. The molecule has 0 aromatic heterocycles. The van der Waals surface area contributed by atoms with Crippen molar-refractivity contribution in [1.29, 1.82) is 0 Å². The summed E-state index contributed by atoms with van der Waals surface area (Å²) in [6, 6.07) is 3.00. The Labute approximate surface area is 138 Å². The van der Waals surface area contributed by atoms with Gasteiger partial charge in [0.05, 0.1) is 22.3 Å². The van der Waals surface area contributed by atoms with E-state index >= 15 is 0 Å². The first-order valence-electron chi connectivity index (χ1n) is 6.50. The SMILES string of the molecule is CCOCCN(C)c1c(Cl)cc(NC(=O)C(=O)NN)cc1Cl. The van der Waals surface area contributed by atoms with E-state index in [-0.39, 0.29) is 0 Å². The van der Waals surface area contributed by atoms with Gasteiger partial charge in [-0.1, -0.05) is 23.2 Å². The van der Waals surface area contributed by atoms with Gasteiger partial charge in [-0.15, -0.1) is 0 Å². The van der Waals surface area contributed by atoms with Gasteiger partial charge in [-0.25, -0.2) is 5.84 Å². The molecule has 0 bridgehead atoms. The van der Waals surface area contributed by atoms with Crippen LogP contribution in [0.25, 0.3) is 0 Å². The Kier molecular flexibility index (Phi) is 7.40. The van der Waals surface area contributed by atoms with Crippen molar-refractivity contribution in [3.05, 3.63) is 22.2 Å². The molecule has 0 aliphatic carbocycles. The molecule has 0 saturated carbocycles. The van der Waals surface area contributed by atoms with Crippen molar-refractivity contribution in [3.8, 4) is 0 Å². The highest BCUT2D eigenvalue weighted by Crippen LogP contribution is 2.36. The Morgan fingerprint density at radius 1 is 1.27 bits per heavy atom. The number of benzene rings is 1. The summed E-state index contributed by atoms with van der Waals surface area (Å²) in [6.07, 6.45) is 0. The van der Waals surface area contributed by atoms with Gasteiger partial charge in [0, 0.05) is 25.9 Å². The number of ether oxygens (including phenoxy) is 1. The van der Waals surface area contributed by atoms with Crippen LogP contribution in [0.2, 0.25) is 10.0 Å². The summed E-state index contributed by atoms with van der Waals surface area (Å²) in [7, 11) is 1.83. The number of nitrogens with two attached hydrogens (primary N) is 1. The summed E-state index contributed by atoms with van der Waals surface area (Å²) in [4.78, 5) is 24.4. The van der Waals surface area contributed by atoms with E-state index in [1.165, 1.54) is 12.1 Å². The minimum atomic E-state index is -0.967. The Morgan fingerprint density at radius 2 is 1.86 bits per heavy atom. The van der Waals surface area contributed by atoms with Crippen LogP contribution in [-0.2, 0) is 14.3 Å². The maximum Gasteiger partial charge on any atom is 0.323 e. The van der Waals surface area contributed by atoms with Gasteiger partial charge in [-0.2, -0.15) is 0 Å². The number of carbonyl (C=O) groups is 2. The molecule has 22 heavy (non-hydrogen) atoms. The summed E-state index contributed by atoms with van der Waals surface area (Å²) in [5.41, 5.74) is 2.65. The number of rotatable bonds is 6. The van der Waals surface area contributed by atoms with E-state index in [4.69, 9.17) is 33.8 Å². The molecule has 7 nitrogen and oxygen atoms in total. The molecule has 0 radical (unpaired) electrons. The van der Waals surface area contributed by atoms with Crippen LogP contribution in [0.15, 0.2) is 12.1 Å². The van der Waals surface area contributed by atoms with Crippen molar-refractivity contribution < 1.29 is 14.3 Å². The first-order chi connectivity index (χ1) is 10.4. The Morgan fingerprint density at radius 3 is 2.36 bits per heavy atom. The van der Waals surface area contributed by atoms with Gasteiger partial charge >= 0.3 is 11.8 Å². The van der Waals surface area contributed by atoms with Crippen LogP contribution in [0.1, 0.15) is 6.92 Å². The lowest BCUT2D eigenvalue weighted by Crippen LogP contribution is -2.39. The molecule has 0 heterocycles. The highest BCUT2D eigenvalue weighted by Gasteiger charge is 2.16. The average molecular weight is 349 g/mol. The molecule has 0 spiro atoms. The minimum absolute atomic E-state index is 0.297. The van der Waals surface area contributed by atoms with Crippen molar-refractivity contribution in [2.75, 3.05) is 37.0 Å². The van der Waals surface area contributed by atoms with Crippen molar-refractivity contribution in [2.24, 2.45) is 5.84 Å². The number of amides is 2. The molecule has 1 aromatic carbocycles. The van der Waals surface area contributed by atoms with Gasteiger partial charge in [-0.05, 0) is 19.1 Å². The number of nitrogens with one attached hydrogen (secondary N) is 2. The number of nitrogens with zero attached hydrogens (tertiary/aromatic N) is 1. The van der Waals surface area contributed by atoms with E-state index < -0.39 is 11.8 Å². The lowest BCUT2D eigenvalue weighted by atomic mass is 10.2. The fourth-order valence-electron chi connectivity index (χ4n) is 1.71. The van der Waals surface area contributed by atoms with E-state index in [1.807, 2.05) is 18.9 Å². The average Bonchev–Trinajstić information content (AvgIpc) is 2.45. The lowest BCUT2D eigenvalue weighted by Gasteiger charge is -2.22. The van der Waals surface area contributed by atoms with Crippen LogP contribution in [0.5, 0.6) is 0 Å². The summed E-state index contributed by atoms with van der Waals surface area (Å²) in [6.45, 7) is 3.68. The third-order valence-corrected chi connectivity index (χ3v) is 3.35. The third kappa shape index (κ3) is 5.03. The molecule has 0 saturated heterocycles. The molecular weight excluding hydrogens is 331 g/mol. The van der Waals surface area contributed by atoms with Crippen LogP contribution in [0, 0.1) is 0 Å². The van der Waals surface area contributed by atoms with Gasteiger partial charge in [0.25, 0.3) is 0 Å². The first-order valence-corrected chi connectivity index (χ1v) is 7.26. The van der Waals surface area contributed by atoms with E-state index in [1.54, 1.807) is 5.43 Å². The van der Waals surface area contributed by atoms with E-state index in [0.29, 0.717) is 41.2 Å². The Balaban J connectivity index is 2.87. The lowest BCUT2D eigenvalue weighted by molar-refractivity contribution is -0.136. The Hall–Kier alpha value is -1.54. The summed E-state index contributed by atoms with van der Waals surface area (Å²) >= 11 is 12.4. The second-order valence-electron chi connectivity index (χ2n) is 4.33. The highest BCUT2D eigenvalue weighted by molar-refractivity contribution is 6.41. The van der Waals surface area contributed by atoms with Crippen molar-refractivity contribution in [3.63, 3.8) is 0 Å². The van der Waals surface area contributed by atoms with Crippen molar-refractivity contribution in [2.45, 2.75) is 6.92 Å². The van der Waals surface area contributed by atoms with Crippen LogP contribution >= 0.6 is 23.2 Å². The normalized spacial score (nSPS) is 10.2. The minimum Gasteiger partial charge on any atom is -0.380 e. The van der Waals surface area contributed by atoms with Gasteiger partial charge < -0.3 is 15.0 Å². The van der Waals surface area contributed by atoms with E-state index in [0.717, 1.165) is 0 Å². The predicted molar refractivity (Wildman–Crippen MR) is 87.2 cm³/mol. The molecule has 0 aliphatic heterocycles. The second-order valence-corrected chi connectivity index (χ2v) is 5.15. The molecule has 9 heteroatoms. The number of halogens is 2. The van der Waals surface area contributed by atoms with Crippen LogP contribution < -0.4 is 21.5 Å². The van der Waals surface area contributed by atoms with Crippen LogP contribution in [-0.4, -0.2) is 38.6 Å². The molecule has 122 valence electrons. The van der Waals surface area contributed by atoms with Gasteiger partial charge in [0.2, 0.25) is 0 Å². The maximum atomic E-state index is 11.4. The van der Waals surface area contributed by atoms with Gasteiger partial charge in [0.1, 0.15) is 0 Å². The highest BCUT2D eigenvalue weighted by atomic mass is 35.5. The monoisotopic (exact) mass is 348 g/mol. The number of hydrogen-bond donors (Lipinski definition) is 3. The summed E-state index contributed by atoms with van der Waals surface area (Å²) in [5, 5.41) is 3.03. The smallest absolute Gasteiger partial charge is 0.323 e. The molecule has 0 fully saturated rings. The molecule has 0 aliphatic rings. The van der Waals surface area contributed by atoms with E-state index in [9.17, 15) is 9.59 Å². The zero-order valence-corrected chi connectivity index (χ0v) is 13.8. The zero-order valence-electron chi connectivity index (χ0n) is 12.3. The number of hydrazine groups is 1. The summed E-state index contributed by atoms with van der Waals surface area (Å²) in [5.74, 6) is 3.00. The van der Waals surface area contributed by atoms with Gasteiger partial charge in [0.15, 0.2) is 0 Å². The number of carbonyl (C=O) groups excluding carboxylic acids is 2. The van der Waals surface area contributed by atoms with E-state index in [2.05, 4.69) is 5.32 Å². The maximum absolute atomic E-state index is 11.4. The quantitative estimate of drug-likeness (QED) is 0.237. The third-order valence-electron chi connectivity index (χ3n) is 2.77. The molecule has 0 unspecified atom stereocenters. The topological polar surface area (TPSA) is 96.7 Å². The molecular formula is C13H18Cl2N4O3. The summed E-state index contributed by atoms with van der Waals surface area (Å²) < 4.78 is 5.28. The molecule has 1 rings (SSSR count). The van der Waals surface area contributed by atoms with Crippen molar-refractivity contribution in [1.82, 2.24) is 5.43 Å². The second kappa shape index (κ2) is 8.79. The molecule has 0 atom stereocenters. The first kappa shape index (κ1) is 18.5. The molecule has 4 N–H and O–H groups in total. The van der Waals surface area contributed by atoms with Gasteiger partial charge in [-0.3, -0.25) is 15.0 Å². The number of hydrogen-bond acceptors (Lipinski definition) is 5. The standard InChI is InChI=1S/C13H18Cl2N4O3/c1-3-22-5-4-19(2)11-9(14)6-8(7-10(11)15)17-12(20)13(21)18-16/h6-7H,3-5,16H2,1-2H3,(H,17,20)(H,18,21).